The Morgan fingerprint density at radius 1 is 1.33 bits per heavy atom. The first-order chi connectivity index (χ1) is 7.04. The third kappa shape index (κ3) is 1.59. The Labute approximate surface area is 86.7 Å². The Morgan fingerprint density at radius 3 is 2.73 bits per heavy atom. The van der Waals surface area contributed by atoms with Crippen molar-refractivity contribution in [2.45, 2.75) is 19.4 Å². The summed E-state index contributed by atoms with van der Waals surface area (Å²) in [5, 5.41) is 7.94. The quantitative estimate of drug-likeness (QED) is 0.756. The number of aromatic nitrogens is 3. The van der Waals surface area contributed by atoms with Crippen molar-refractivity contribution in [2.75, 3.05) is 7.11 Å². The zero-order chi connectivity index (χ0) is 11.1. The van der Waals surface area contributed by atoms with Crippen molar-refractivity contribution in [3.63, 3.8) is 0 Å². The van der Waals surface area contributed by atoms with Crippen LogP contribution in [0.5, 0.6) is 0 Å². The Bertz CT molecular complexity index is 492. The highest BCUT2D eigenvalue weighted by atomic mass is 19.1. The van der Waals surface area contributed by atoms with Gasteiger partial charge in [-0.25, -0.2) is 4.39 Å². The summed E-state index contributed by atoms with van der Waals surface area (Å²) in [6.45, 7) is 3.71. The second kappa shape index (κ2) is 3.27. The predicted molar refractivity (Wildman–Crippen MR) is 53.0 cm³/mol. The molecule has 5 heteroatoms. The van der Waals surface area contributed by atoms with Gasteiger partial charge in [0.25, 0.3) is 0 Å². The van der Waals surface area contributed by atoms with Gasteiger partial charge in [-0.2, -0.15) is 0 Å². The first-order valence-corrected chi connectivity index (χ1v) is 4.60. The van der Waals surface area contributed by atoms with Crippen LogP contribution in [0, 0.1) is 5.82 Å². The van der Waals surface area contributed by atoms with Gasteiger partial charge in [0.05, 0.1) is 0 Å². The van der Waals surface area contributed by atoms with Crippen molar-refractivity contribution in [1.29, 1.82) is 0 Å². The van der Waals surface area contributed by atoms with E-state index < -0.39 is 5.60 Å². The van der Waals surface area contributed by atoms with Crippen molar-refractivity contribution in [1.82, 2.24) is 14.6 Å². The lowest BCUT2D eigenvalue weighted by atomic mass is 10.1. The highest BCUT2D eigenvalue weighted by Gasteiger charge is 2.25. The number of hydrogen-bond donors (Lipinski definition) is 0. The largest absolute Gasteiger partial charge is 0.371 e. The van der Waals surface area contributed by atoms with Gasteiger partial charge in [0.2, 0.25) is 0 Å². The number of hydrogen-bond acceptors (Lipinski definition) is 3. The third-order valence-corrected chi connectivity index (χ3v) is 2.42. The Balaban J connectivity index is 2.67. The minimum atomic E-state index is -0.590. The van der Waals surface area contributed by atoms with E-state index in [1.54, 1.807) is 17.6 Å². The number of rotatable bonds is 2. The summed E-state index contributed by atoms with van der Waals surface area (Å²) in [4.78, 5) is 0. The second-order valence-corrected chi connectivity index (χ2v) is 3.81. The fourth-order valence-electron chi connectivity index (χ4n) is 1.37. The van der Waals surface area contributed by atoms with Gasteiger partial charge in [-0.15, -0.1) is 10.2 Å². The summed E-state index contributed by atoms with van der Waals surface area (Å²) in [7, 11) is 1.58. The van der Waals surface area contributed by atoms with E-state index in [1.165, 1.54) is 12.3 Å². The lowest BCUT2D eigenvalue weighted by molar-refractivity contribution is 0.0106. The molecule has 2 aromatic rings. The molecule has 0 aliphatic carbocycles. The molecule has 0 fully saturated rings. The fourth-order valence-corrected chi connectivity index (χ4v) is 1.37. The van der Waals surface area contributed by atoms with E-state index in [4.69, 9.17) is 4.74 Å². The van der Waals surface area contributed by atoms with Gasteiger partial charge in [-0.05, 0) is 26.0 Å². The maximum absolute atomic E-state index is 13.1. The number of methoxy groups -OCH3 is 1. The summed E-state index contributed by atoms with van der Waals surface area (Å²) in [5.74, 6) is 0.259. The second-order valence-electron chi connectivity index (χ2n) is 3.81. The standard InChI is InChI=1S/C10H12FN3O/c1-10(2,15-3)9-13-12-8-5-4-7(11)6-14(8)9/h4-6H,1-3H3. The normalized spacial score (nSPS) is 12.3. The van der Waals surface area contributed by atoms with Crippen molar-refractivity contribution < 1.29 is 9.13 Å². The molecule has 0 N–H and O–H groups in total. The molecule has 0 unspecified atom stereocenters. The predicted octanol–water partition coefficient (Wildman–Crippen LogP) is 1.75. The van der Waals surface area contributed by atoms with Gasteiger partial charge in [0, 0.05) is 13.3 Å². The number of halogens is 1. The molecule has 0 radical (unpaired) electrons. The first-order valence-electron chi connectivity index (χ1n) is 4.60. The van der Waals surface area contributed by atoms with E-state index in [0.29, 0.717) is 11.5 Å². The third-order valence-electron chi connectivity index (χ3n) is 2.42. The van der Waals surface area contributed by atoms with Crippen molar-refractivity contribution >= 4 is 5.65 Å². The van der Waals surface area contributed by atoms with Crippen LogP contribution < -0.4 is 0 Å². The molecule has 0 bridgehead atoms. The molecule has 2 aromatic heterocycles. The molecule has 0 saturated heterocycles. The van der Waals surface area contributed by atoms with Gasteiger partial charge in [-0.3, -0.25) is 4.40 Å². The van der Waals surface area contributed by atoms with Crippen LogP contribution in [0.4, 0.5) is 4.39 Å². The molecule has 0 saturated carbocycles. The molecule has 0 aliphatic heterocycles. The van der Waals surface area contributed by atoms with Crippen LogP contribution in [-0.4, -0.2) is 21.7 Å². The highest BCUT2D eigenvalue weighted by Crippen LogP contribution is 2.22. The zero-order valence-electron chi connectivity index (χ0n) is 8.86. The summed E-state index contributed by atoms with van der Waals surface area (Å²) in [6.07, 6.45) is 1.35. The molecule has 80 valence electrons. The summed E-state index contributed by atoms with van der Waals surface area (Å²) in [6, 6.07) is 2.94. The molecular weight excluding hydrogens is 197 g/mol. The van der Waals surface area contributed by atoms with Crippen LogP contribution in [0.15, 0.2) is 18.3 Å². The van der Waals surface area contributed by atoms with Crippen LogP contribution in [0.25, 0.3) is 5.65 Å². The number of fused-ring (bicyclic) bond motifs is 1. The zero-order valence-corrected chi connectivity index (χ0v) is 8.86. The lowest BCUT2D eigenvalue weighted by Gasteiger charge is -2.20. The fraction of sp³-hybridized carbons (Fsp3) is 0.400. The van der Waals surface area contributed by atoms with Gasteiger partial charge in [-0.1, -0.05) is 0 Å². The van der Waals surface area contributed by atoms with Crippen molar-refractivity contribution in [3.8, 4) is 0 Å². The van der Waals surface area contributed by atoms with E-state index >= 15 is 0 Å². The van der Waals surface area contributed by atoms with Crippen LogP contribution >= 0.6 is 0 Å². The van der Waals surface area contributed by atoms with E-state index in [9.17, 15) is 4.39 Å². The van der Waals surface area contributed by atoms with Crippen molar-refractivity contribution in [3.05, 3.63) is 30.0 Å². The van der Waals surface area contributed by atoms with Crippen LogP contribution in [-0.2, 0) is 10.3 Å². The smallest absolute Gasteiger partial charge is 0.169 e. The minimum Gasteiger partial charge on any atom is -0.371 e. The lowest BCUT2D eigenvalue weighted by Crippen LogP contribution is -2.23. The van der Waals surface area contributed by atoms with Gasteiger partial charge >= 0.3 is 0 Å². The van der Waals surface area contributed by atoms with E-state index in [2.05, 4.69) is 10.2 Å². The molecule has 0 aliphatic rings. The van der Waals surface area contributed by atoms with Gasteiger partial charge in [0.15, 0.2) is 11.5 Å². The highest BCUT2D eigenvalue weighted by molar-refractivity contribution is 5.38. The van der Waals surface area contributed by atoms with Gasteiger partial charge in [0.1, 0.15) is 11.4 Å². The average molecular weight is 209 g/mol. The van der Waals surface area contributed by atoms with Crippen LogP contribution in [0.2, 0.25) is 0 Å². The number of nitrogens with zero attached hydrogens (tertiary/aromatic N) is 3. The summed E-state index contributed by atoms with van der Waals surface area (Å²) < 4.78 is 19.9. The van der Waals surface area contributed by atoms with Crippen molar-refractivity contribution in [2.24, 2.45) is 0 Å². The van der Waals surface area contributed by atoms with E-state index in [0.717, 1.165) is 0 Å². The molecule has 0 aromatic carbocycles. The molecule has 4 nitrogen and oxygen atoms in total. The van der Waals surface area contributed by atoms with E-state index in [-0.39, 0.29) is 5.82 Å². The minimum absolute atomic E-state index is 0.324. The summed E-state index contributed by atoms with van der Waals surface area (Å²) in [5.41, 5.74) is 0.0178. The number of ether oxygens (including phenoxy) is 1. The summed E-state index contributed by atoms with van der Waals surface area (Å²) >= 11 is 0. The monoisotopic (exact) mass is 209 g/mol. The van der Waals surface area contributed by atoms with Crippen LogP contribution in [0.1, 0.15) is 19.7 Å². The Morgan fingerprint density at radius 2 is 2.07 bits per heavy atom. The average Bonchev–Trinajstić information content (AvgIpc) is 2.61. The molecular formula is C10H12FN3O. The molecule has 0 amide bonds. The molecule has 15 heavy (non-hydrogen) atoms. The Hall–Kier alpha value is -1.49. The topological polar surface area (TPSA) is 39.4 Å². The van der Waals surface area contributed by atoms with E-state index in [1.807, 2.05) is 13.8 Å². The molecule has 0 atom stereocenters. The SMILES string of the molecule is COC(C)(C)c1nnc2ccc(F)cn12. The molecule has 2 rings (SSSR count). The molecule has 0 spiro atoms. The van der Waals surface area contributed by atoms with Gasteiger partial charge < -0.3 is 4.74 Å². The number of pyridine rings is 1. The maximum atomic E-state index is 13.1. The Kier molecular flexibility index (Phi) is 2.19. The first kappa shape index (κ1) is 10.0. The molecule has 2 heterocycles. The van der Waals surface area contributed by atoms with Crippen LogP contribution in [0.3, 0.4) is 0 Å². The maximum Gasteiger partial charge on any atom is 0.169 e.